The molecule has 0 N–H and O–H groups in total. The normalized spacial score (nSPS) is 12.2. The van der Waals surface area contributed by atoms with E-state index in [0.29, 0.717) is 19.3 Å². The minimum Gasteiger partial charge on any atom is -0.462 e. The number of esters is 3. The monoisotopic (exact) mass is 1120 g/mol. The van der Waals surface area contributed by atoms with Gasteiger partial charge in [0.2, 0.25) is 0 Å². The van der Waals surface area contributed by atoms with E-state index in [1.165, 1.54) is 289 Å². The van der Waals surface area contributed by atoms with Crippen LogP contribution in [0.15, 0.2) is 36.5 Å². The molecule has 0 rings (SSSR count). The van der Waals surface area contributed by atoms with E-state index in [9.17, 15) is 14.4 Å². The molecule has 0 amide bonds. The molecule has 1 unspecified atom stereocenters. The lowest BCUT2D eigenvalue weighted by molar-refractivity contribution is -0.167. The van der Waals surface area contributed by atoms with Crippen LogP contribution in [0.5, 0.6) is 0 Å². The van der Waals surface area contributed by atoms with Crippen LogP contribution in [-0.2, 0) is 28.6 Å². The van der Waals surface area contributed by atoms with Gasteiger partial charge in [-0.1, -0.05) is 359 Å². The second-order valence-corrected chi connectivity index (χ2v) is 24.5. The van der Waals surface area contributed by atoms with E-state index in [4.69, 9.17) is 14.2 Å². The van der Waals surface area contributed by atoms with Gasteiger partial charge in [-0.2, -0.15) is 0 Å². The Morgan fingerprint density at radius 3 is 0.700 bits per heavy atom. The van der Waals surface area contributed by atoms with Gasteiger partial charge in [-0.3, -0.25) is 14.4 Å². The lowest BCUT2D eigenvalue weighted by Gasteiger charge is -2.18. The summed E-state index contributed by atoms with van der Waals surface area (Å²) in [6, 6.07) is 0. The van der Waals surface area contributed by atoms with E-state index < -0.39 is 6.10 Å². The molecule has 0 fully saturated rings. The number of hydrogen-bond donors (Lipinski definition) is 0. The maximum atomic E-state index is 12.9. The zero-order valence-corrected chi connectivity index (χ0v) is 54.1. The molecule has 0 spiro atoms. The fraction of sp³-hybridized carbons (Fsp3) is 0.878. The van der Waals surface area contributed by atoms with Crippen molar-refractivity contribution in [2.45, 2.75) is 406 Å². The summed E-state index contributed by atoms with van der Waals surface area (Å²) in [6.45, 7) is 6.67. The molecule has 0 aliphatic heterocycles. The summed E-state index contributed by atoms with van der Waals surface area (Å²) in [5.41, 5.74) is 0. The minimum atomic E-state index is -0.771. The molecule has 0 aliphatic rings. The van der Waals surface area contributed by atoms with Gasteiger partial charge < -0.3 is 14.2 Å². The minimum absolute atomic E-state index is 0.0683. The molecule has 80 heavy (non-hydrogen) atoms. The van der Waals surface area contributed by atoms with Crippen molar-refractivity contribution in [3.8, 4) is 0 Å². The molecule has 0 aromatic carbocycles. The zero-order chi connectivity index (χ0) is 57.8. The predicted octanol–water partition coefficient (Wildman–Crippen LogP) is 24.7. The molecule has 0 saturated heterocycles. The number of carbonyl (C=O) groups excluding carboxylic acids is 3. The maximum absolute atomic E-state index is 12.9. The van der Waals surface area contributed by atoms with Gasteiger partial charge in [0.15, 0.2) is 6.10 Å². The third-order valence-corrected chi connectivity index (χ3v) is 16.4. The Morgan fingerprint density at radius 1 is 0.250 bits per heavy atom. The second-order valence-electron chi connectivity index (χ2n) is 24.5. The molecule has 6 heteroatoms. The molecule has 0 saturated carbocycles. The van der Waals surface area contributed by atoms with Crippen molar-refractivity contribution < 1.29 is 28.6 Å². The Labute approximate surface area is 499 Å². The Morgan fingerprint density at radius 2 is 0.450 bits per heavy atom. The number of ether oxygens (including phenoxy) is 3. The summed E-state index contributed by atoms with van der Waals surface area (Å²) in [5.74, 6) is -0.850. The van der Waals surface area contributed by atoms with Crippen LogP contribution in [0.2, 0.25) is 0 Å². The number of carbonyl (C=O) groups is 3. The lowest BCUT2D eigenvalue weighted by Crippen LogP contribution is -2.30. The van der Waals surface area contributed by atoms with E-state index >= 15 is 0 Å². The Hall–Kier alpha value is -2.37. The summed E-state index contributed by atoms with van der Waals surface area (Å²) in [4.78, 5) is 38.2. The smallest absolute Gasteiger partial charge is 0.306 e. The fourth-order valence-corrected chi connectivity index (χ4v) is 11.0. The summed E-state index contributed by atoms with van der Waals surface area (Å²) in [7, 11) is 0. The number of unbranched alkanes of at least 4 members (excludes halogenated alkanes) is 50. The van der Waals surface area contributed by atoms with E-state index in [2.05, 4.69) is 57.2 Å². The van der Waals surface area contributed by atoms with Crippen molar-refractivity contribution in [1.82, 2.24) is 0 Å². The van der Waals surface area contributed by atoms with Crippen molar-refractivity contribution in [2.24, 2.45) is 0 Å². The molecular formula is C74H138O6. The molecule has 0 aromatic rings. The maximum Gasteiger partial charge on any atom is 0.306 e. The summed E-state index contributed by atoms with van der Waals surface area (Å²) in [5, 5.41) is 0. The first-order valence-corrected chi connectivity index (χ1v) is 36.0. The van der Waals surface area contributed by atoms with Gasteiger partial charge >= 0.3 is 17.9 Å². The Bertz CT molecular complexity index is 1340. The van der Waals surface area contributed by atoms with Crippen LogP contribution in [-0.4, -0.2) is 37.2 Å². The standard InChI is InChI=1S/C74H138O6/c1-4-7-10-13-16-19-21-23-25-27-29-31-33-35-36-37-38-40-41-43-45-47-49-51-53-55-58-61-64-67-73(76)79-70-71(69-78-72(75)66-63-60-57-18-15-12-9-6-3)80-74(77)68-65-62-59-56-54-52-50-48-46-44-42-39-34-32-30-28-26-24-22-20-17-14-11-8-5-2/h22,24,28,30,34,39,71H,4-21,23,25-27,29,31-33,35-38,40-70H2,1-3H3/b24-22-,30-28-,39-34-. The lowest BCUT2D eigenvalue weighted by atomic mass is 10.0. The van der Waals surface area contributed by atoms with Crippen LogP contribution >= 0.6 is 0 Å². The summed E-state index contributed by atoms with van der Waals surface area (Å²) in [6.07, 6.45) is 86.3. The van der Waals surface area contributed by atoms with E-state index in [1.807, 2.05) is 0 Å². The van der Waals surface area contributed by atoms with Gasteiger partial charge in [0, 0.05) is 19.3 Å². The molecule has 0 heterocycles. The van der Waals surface area contributed by atoms with Crippen LogP contribution in [0.25, 0.3) is 0 Å². The highest BCUT2D eigenvalue weighted by molar-refractivity contribution is 5.71. The first-order chi connectivity index (χ1) is 39.5. The Balaban J connectivity index is 4.06. The van der Waals surface area contributed by atoms with Crippen molar-refractivity contribution in [2.75, 3.05) is 13.2 Å². The largest absolute Gasteiger partial charge is 0.462 e. The van der Waals surface area contributed by atoms with Crippen LogP contribution in [0, 0.1) is 0 Å². The van der Waals surface area contributed by atoms with Crippen molar-refractivity contribution in [3.63, 3.8) is 0 Å². The highest BCUT2D eigenvalue weighted by Gasteiger charge is 2.19. The van der Waals surface area contributed by atoms with E-state index in [-0.39, 0.29) is 31.1 Å². The first-order valence-electron chi connectivity index (χ1n) is 36.0. The molecule has 0 aromatic heterocycles. The van der Waals surface area contributed by atoms with Gasteiger partial charge in [0.05, 0.1) is 0 Å². The topological polar surface area (TPSA) is 78.9 Å². The van der Waals surface area contributed by atoms with Crippen LogP contribution < -0.4 is 0 Å². The van der Waals surface area contributed by atoms with Gasteiger partial charge in [-0.05, 0) is 57.8 Å². The molecule has 0 aliphatic carbocycles. The predicted molar refractivity (Wildman–Crippen MR) is 349 cm³/mol. The average Bonchev–Trinajstić information content (AvgIpc) is 3.46. The highest BCUT2D eigenvalue weighted by Crippen LogP contribution is 2.19. The third-order valence-electron chi connectivity index (χ3n) is 16.4. The SMILES string of the molecule is CCCCCCC/C=C\C/C=C\C/C=C\CCCCCCCCCCCCC(=O)OC(COC(=O)CCCCCCCCCC)COC(=O)CCCCCCCCCCCCCCCCCCCCCCCCCCCCCCC. The van der Waals surface area contributed by atoms with E-state index in [1.54, 1.807) is 0 Å². The Kier molecular flexibility index (Phi) is 67.1. The molecule has 0 bridgehead atoms. The molecule has 470 valence electrons. The molecular weight excluding hydrogens is 985 g/mol. The van der Waals surface area contributed by atoms with Crippen LogP contribution in [0.3, 0.4) is 0 Å². The van der Waals surface area contributed by atoms with Gasteiger partial charge in [0.25, 0.3) is 0 Å². The molecule has 0 radical (unpaired) electrons. The third kappa shape index (κ3) is 66.4. The molecule has 1 atom stereocenters. The summed E-state index contributed by atoms with van der Waals surface area (Å²) >= 11 is 0. The fourth-order valence-electron chi connectivity index (χ4n) is 11.0. The summed E-state index contributed by atoms with van der Waals surface area (Å²) < 4.78 is 16.9. The highest BCUT2D eigenvalue weighted by atomic mass is 16.6. The van der Waals surface area contributed by atoms with Crippen molar-refractivity contribution in [3.05, 3.63) is 36.5 Å². The average molecular weight is 1120 g/mol. The number of allylic oxidation sites excluding steroid dienone is 6. The van der Waals surface area contributed by atoms with Gasteiger partial charge in [-0.15, -0.1) is 0 Å². The number of rotatable bonds is 67. The van der Waals surface area contributed by atoms with Gasteiger partial charge in [0.1, 0.15) is 13.2 Å². The number of hydrogen-bond acceptors (Lipinski definition) is 6. The zero-order valence-electron chi connectivity index (χ0n) is 54.1. The van der Waals surface area contributed by atoms with Crippen molar-refractivity contribution in [1.29, 1.82) is 0 Å². The quantitative estimate of drug-likeness (QED) is 0.0261. The van der Waals surface area contributed by atoms with Crippen LogP contribution in [0.1, 0.15) is 400 Å². The molecule has 6 nitrogen and oxygen atoms in total. The first kappa shape index (κ1) is 77.6. The second kappa shape index (κ2) is 69.1. The van der Waals surface area contributed by atoms with Crippen molar-refractivity contribution >= 4 is 17.9 Å². The van der Waals surface area contributed by atoms with Crippen LogP contribution in [0.4, 0.5) is 0 Å². The van der Waals surface area contributed by atoms with E-state index in [0.717, 1.165) is 70.6 Å². The van der Waals surface area contributed by atoms with Gasteiger partial charge in [-0.25, -0.2) is 0 Å².